The highest BCUT2D eigenvalue weighted by atomic mass is 32.2. The van der Waals surface area contributed by atoms with Gasteiger partial charge in [0.2, 0.25) is 16.9 Å². The number of nitrogens with one attached hydrogen (secondary N) is 1. The first kappa shape index (κ1) is 47.7. The van der Waals surface area contributed by atoms with Crippen molar-refractivity contribution in [3.05, 3.63) is 83.9 Å². The van der Waals surface area contributed by atoms with Crippen molar-refractivity contribution in [1.82, 2.24) is 14.4 Å². The zero-order valence-corrected chi connectivity index (χ0v) is 38.4. The van der Waals surface area contributed by atoms with E-state index in [4.69, 9.17) is 0 Å². The van der Waals surface area contributed by atoms with E-state index in [0.29, 0.717) is 29.2 Å². The van der Waals surface area contributed by atoms with Crippen LogP contribution in [0.2, 0.25) is 0 Å². The van der Waals surface area contributed by atoms with E-state index in [0.717, 1.165) is 42.5 Å². The summed E-state index contributed by atoms with van der Waals surface area (Å²) in [4.78, 5) is 17.0. The summed E-state index contributed by atoms with van der Waals surface area (Å²) >= 11 is 0.792. The van der Waals surface area contributed by atoms with Gasteiger partial charge in [0.05, 0.1) is 31.8 Å². The molecule has 0 fully saturated rings. The molecule has 0 spiro atoms. The second-order valence-corrected chi connectivity index (χ2v) is 20.9. The number of hydrogen-bond acceptors (Lipinski definition) is 21. The van der Waals surface area contributed by atoms with Crippen LogP contribution in [-0.4, -0.2) is 82.4 Å². The largest absolute Gasteiger partial charge is 0.505 e. The lowest BCUT2D eigenvalue weighted by Crippen LogP contribution is -2.07. The Balaban J connectivity index is 1.27. The van der Waals surface area contributed by atoms with Crippen LogP contribution in [0.3, 0.4) is 0 Å². The Morgan fingerprint density at radius 1 is 0.696 bits per heavy atom. The number of nitrogens with zero attached hydrogens (tertiary/aromatic N) is 10. The van der Waals surface area contributed by atoms with Crippen molar-refractivity contribution in [3.8, 4) is 17.7 Å². The van der Waals surface area contributed by atoms with Gasteiger partial charge >= 0.3 is 0 Å². The number of nitriles is 1. The minimum Gasteiger partial charge on any atom is -0.505 e. The fourth-order valence-electron chi connectivity index (χ4n) is 6.78. The lowest BCUT2D eigenvalue weighted by Gasteiger charge is -2.12. The number of hydrogen-bond donors (Lipinski definition) is 7. The highest BCUT2D eigenvalue weighted by Gasteiger charge is 2.28. The summed E-state index contributed by atoms with van der Waals surface area (Å²) in [6, 6.07) is 15.4. The minimum atomic E-state index is -5.45. The molecule has 31 heteroatoms. The fourth-order valence-corrected chi connectivity index (χ4v) is 10.1. The molecule has 3 heterocycles. The number of imidazole rings is 1. The maximum absolute atomic E-state index is 12.7. The van der Waals surface area contributed by atoms with Gasteiger partial charge in [-0.25, -0.2) is 9.97 Å². The molecule has 0 saturated heterocycles. The third-order valence-electron chi connectivity index (χ3n) is 9.81. The Morgan fingerprint density at radius 2 is 1.30 bits per heavy atom. The quantitative estimate of drug-likeness (QED) is 0.0476. The second-order valence-electron chi connectivity index (χ2n) is 14.3. The molecule has 69 heavy (non-hydrogen) atoms. The molecule has 0 bridgehead atoms. The van der Waals surface area contributed by atoms with Gasteiger partial charge in [-0.05, 0) is 73.0 Å². The number of para-hydroxylation sites is 2. The molecular formula is C38H25N11O15S5. The minimum absolute atomic E-state index is 0.0356. The van der Waals surface area contributed by atoms with E-state index in [1.54, 1.807) is 24.3 Å². The molecule has 0 aliphatic carbocycles. The van der Waals surface area contributed by atoms with Crippen molar-refractivity contribution in [3.63, 3.8) is 0 Å². The smallest absolute Gasteiger partial charge is 0.296 e. The number of azo groups is 3. The summed E-state index contributed by atoms with van der Waals surface area (Å²) in [7, 11) is -20.6. The SMILES string of the molecule is CC(=O)Nc1cc(N=Nc2c(S(=O)(=O)O)cc3cc(S(=O)(=O)O)c(N=Nc4c(C)c(C#N)c5nc6ccccc6n5c4O)cc3c2O)c(S(=O)(=O)O)cc1N=Nc1nc2ccc(S(=O)(=O)O)cc2s1. The van der Waals surface area contributed by atoms with Gasteiger partial charge < -0.3 is 15.5 Å². The van der Waals surface area contributed by atoms with E-state index in [9.17, 15) is 72.2 Å². The van der Waals surface area contributed by atoms with Crippen molar-refractivity contribution < 1.29 is 66.9 Å². The van der Waals surface area contributed by atoms with E-state index in [-0.39, 0.29) is 43.5 Å². The topological polar surface area (TPSA) is 415 Å². The zero-order chi connectivity index (χ0) is 50.1. The van der Waals surface area contributed by atoms with Gasteiger partial charge in [-0.1, -0.05) is 23.5 Å². The number of anilines is 1. The summed E-state index contributed by atoms with van der Waals surface area (Å²) in [5, 5.41) is 57.3. The van der Waals surface area contributed by atoms with Crippen molar-refractivity contribution in [2.24, 2.45) is 30.7 Å². The Bertz CT molecular complexity index is 4200. The van der Waals surface area contributed by atoms with Gasteiger partial charge in [0.1, 0.15) is 49.1 Å². The van der Waals surface area contributed by atoms with E-state index in [1.807, 2.05) is 6.07 Å². The predicted molar refractivity (Wildman–Crippen MR) is 242 cm³/mol. The number of thiazole rings is 1. The molecule has 0 unspecified atom stereocenters. The molecule has 3 aromatic heterocycles. The Morgan fingerprint density at radius 3 is 1.94 bits per heavy atom. The van der Waals surface area contributed by atoms with Crippen molar-refractivity contribution >= 4 is 135 Å². The molecule has 26 nitrogen and oxygen atoms in total. The van der Waals surface area contributed by atoms with Crippen molar-refractivity contribution in [2.45, 2.75) is 33.4 Å². The highest BCUT2D eigenvalue weighted by molar-refractivity contribution is 7.86. The molecule has 0 aliphatic rings. The van der Waals surface area contributed by atoms with E-state index >= 15 is 0 Å². The molecule has 0 aliphatic heterocycles. The zero-order valence-electron chi connectivity index (χ0n) is 34.3. The van der Waals surface area contributed by atoms with E-state index in [1.165, 1.54) is 17.4 Å². The summed E-state index contributed by atoms with van der Waals surface area (Å²) in [6.07, 6.45) is 0. The van der Waals surface area contributed by atoms with Crippen LogP contribution in [0.4, 0.5) is 39.3 Å². The van der Waals surface area contributed by atoms with Crippen LogP contribution >= 0.6 is 11.3 Å². The second kappa shape index (κ2) is 17.1. The number of phenols is 1. The summed E-state index contributed by atoms with van der Waals surface area (Å²) in [5.74, 6) is -2.54. The van der Waals surface area contributed by atoms with Crippen LogP contribution in [0.25, 0.3) is 37.7 Å². The van der Waals surface area contributed by atoms with Crippen LogP contribution in [0.5, 0.6) is 11.6 Å². The Hall–Kier alpha value is -7.80. The van der Waals surface area contributed by atoms with Gasteiger partial charge in [0.15, 0.2) is 17.1 Å². The van der Waals surface area contributed by atoms with Crippen LogP contribution < -0.4 is 5.32 Å². The third kappa shape index (κ3) is 9.16. The maximum atomic E-state index is 12.7. The van der Waals surface area contributed by atoms with Crippen LogP contribution in [-0.2, 0) is 45.3 Å². The molecule has 8 rings (SSSR count). The van der Waals surface area contributed by atoms with Gasteiger partial charge in [-0.15, -0.1) is 30.7 Å². The molecule has 7 N–H and O–H groups in total. The summed E-state index contributed by atoms with van der Waals surface area (Å²) in [5.41, 5.74) is -2.87. The molecule has 352 valence electrons. The summed E-state index contributed by atoms with van der Waals surface area (Å²) < 4.78 is 141. The molecule has 0 radical (unpaired) electrons. The lowest BCUT2D eigenvalue weighted by molar-refractivity contribution is -0.114. The van der Waals surface area contributed by atoms with E-state index < -0.39 is 111 Å². The van der Waals surface area contributed by atoms with Crippen LogP contribution in [0, 0.1) is 18.3 Å². The van der Waals surface area contributed by atoms with Gasteiger partial charge in [-0.3, -0.25) is 27.4 Å². The number of fused-ring (bicyclic) bond motifs is 5. The van der Waals surface area contributed by atoms with Gasteiger partial charge in [0, 0.05) is 17.9 Å². The first-order valence-electron chi connectivity index (χ1n) is 18.6. The van der Waals surface area contributed by atoms with Crippen molar-refractivity contribution in [2.75, 3.05) is 5.32 Å². The normalized spacial score (nSPS) is 12.9. The highest BCUT2D eigenvalue weighted by Crippen LogP contribution is 2.46. The number of amides is 1. The van der Waals surface area contributed by atoms with Crippen LogP contribution in [0.15, 0.2) is 123 Å². The molecule has 8 aromatic rings. The van der Waals surface area contributed by atoms with E-state index in [2.05, 4.69) is 46.0 Å². The Labute approximate surface area is 390 Å². The number of aromatic hydroxyl groups is 2. The number of benzene rings is 5. The molecular weight excluding hydrogens is 1010 g/mol. The first-order chi connectivity index (χ1) is 32.2. The van der Waals surface area contributed by atoms with Gasteiger partial charge in [-0.2, -0.15) is 38.9 Å². The van der Waals surface area contributed by atoms with Crippen LogP contribution in [0.1, 0.15) is 18.1 Å². The predicted octanol–water partition coefficient (Wildman–Crippen LogP) is 8.03. The number of carbonyl (C=O) groups excluding carboxylic acids is 1. The number of rotatable bonds is 11. The Kier molecular flexibility index (Phi) is 11.8. The first-order valence-corrected chi connectivity index (χ1v) is 25.2. The third-order valence-corrected chi connectivity index (χ3v) is 14.2. The molecule has 1 amide bonds. The molecule has 0 saturated carbocycles. The average molecular weight is 1040 g/mol. The van der Waals surface area contributed by atoms with Gasteiger partial charge in [0.25, 0.3) is 40.5 Å². The number of phenolic OH excluding ortho intramolecular Hbond substituents is 1. The van der Waals surface area contributed by atoms with Crippen molar-refractivity contribution in [1.29, 1.82) is 5.26 Å². The maximum Gasteiger partial charge on any atom is 0.296 e. The number of pyridine rings is 1. The fraction of sp³-hybridized carbons (Fsp3) is 0.0526. The number of aromatic nitrogens is 3. The number of carbonyl (C=O) groups is 1. The summed E-state index contributed by atoms with van der Waals surface area (Å²) in [6.45, 7) is 2.43. The molecule has 5 aromatic carbocycles. The average Bonchev–Trinajstić information content (AvgIpc) is 3.85. The lowest BCUT2D eigenvalue weighted by atomic mass is 10.1. The standard InChI is InChI=1S/C38H25N11O15S5/c1-16-21(15-39)36-41-22-5-3-4-6-28(22)49(36)37(52)33(16)46-44-26-12-20-18(9-30(26)67(56,57)58)10-32(69(62,63)64)34(35(20)51)47-45-27-13-24(40-17(2)50)25(14-31(27)68(59,60)61)43-48-38-42-23-8-7-19(66(53,54)55)11-29(23)65-38/h3-14,51-52H,1-2H3,(H,40,50)(H,53,54,55)(H,56,57,58)(H,59,60,61)(H,62,63,64). The molecule has 0 atom stereocenters. The monoisotopic (exact) mass is 1040 g/mol.